The van der Waals surface area contributed by atoms with Crippen LogP contribution in [0.1, 0.15) is 37.4 Å². The van der Waals surface area contributed by atoms with Crippen molar-refractivity contribution in [2.45, 2.75) is 39.2 Å². The number of nitrogens with zero attached hydrogens (tertiary/aromatic N) is 2. The van der Waals surface area contributed by atoms with Gasteiger partial charge in [0.15, 0.2) is 0 Å². The molecule has 0 spiro atoms. The second-order valence-electron chi connectivity index (χ2n) is 5.39. The van der Waals surface area contributed by atoms with E-state index in [9.17, 15) is 4.79 Å². The number of nitrogens with one attached hydrogen (secondary N) is 1. The standard InChI is InChI=1S/C14H23N3O2/c1-3-13-11(9-17(2)16-13)8-15-7-10-5-4-6-12(10)14(18)19/h9-10,12,15H,3-8H2,1-2H3,(H,18,19). The van der Waals surface area contributed by atoms with Crippen LogP contribution in [0.4, 0.5) is 0 Å². The summed E-state index contributed by atoms with van der Waals surface area (Å²) in [6, 6.07) is 0. The van der Waals surface area contributed by atoms with Gasteiger partial charge in [0.2, 0.25) is 0 Å². The Bertz CT molecular complexity index is 442. The van der Waals surface area contributed by atoms with Gasteiger partial charge in [0.1, 0.15) is 0 Å². The highest BCUT2D eigenvalue weighted by Crippen LogP contribution is 2.31. The maximum Gasteiger partial charge on any atom is 0.306 e. The summed E-state index contributed by atoms with van der Waals surface area (Å²) >= 11 is 0. The predicted octanol–water partition coefficient (Wildman–Crippen LogP) is 1.57. The van der Waals surface area contributed by atoms with Crippen molar-refractivity contribution < 1.29 is 9.90 Å². The first-order chi connectivity index (χ1) is 9.11. The molecule has 0 amide bonds. The fourth-order valence-electron chi connectivity index (χ4n) is 3.03. The van der Waals surface area contributed by atoms with Crippen molar-refractivity contribution in [3.05, 3.63) is 17.5 Å². The minimum absolute atomic E-state index is 0.160. The van der Waals surface area contributed by atoms with Gasteiger partial charge in [-0.25, -0.2) is 0 Å². The minimum atomic E-state index is -0.639. The summed E-state index contributed by atoms with van der Waals surface area (Å²) in [6.07, 6.45) is 5.86. The van der Waals surface area contributed by atoms with Crippen molar-refractivity contribution in [3.63, 3.8) is 0 Å². The van der Waals surface area contributed by atoms with Crippen LogP contribution in [0.25, 0.3) is 0 Å². The summed E-state index contributed by atoms with van der Waals surface area (Å²) in [7, 11) is 1.93. The molecule has 2 atom stereocenters. The molecule has 0 radical (unpaired) electrons. The maximum atomic E-state index is 11.1. The van der Waals surface area contributed by atoms with Crippen LogP contribution in [0.2, 0.25) is 0 Å². The fourth-order valence-corrected chi connectivity index (χ4v) is 3.03. The normalized spacial score (nSPS) is 22.8. The summed E-state index contributed by atoms with van der Waals surface area (Å²) < 4.78 is 1.84. The number of carbonyl (C=O) groups is 1. The molecule has 19 heavy (non-hydrogen) atoms. The molecule has 0 aromatic carbocycles. The van der Waals surface area contributed by atoms with Gasteiger partial charge in [-0.3, -0.25) is 9.48 Å². The molecule has 1 saturated carbocycles. The van der Waals surface area contributed by atoms with Crippen LogP contribution in [-0.2, 0) is 24.8 Å². The SMILES string of the molecule is CCc1nn(C)cc1CNCC1CCCC1C(=O)O. The van der Waals surface area contributed by atoms with Gasteiger partial charge in [0, 0.05) is 25.4 Å². The molecule has 0 aliphatic heterocycles. The van der Waals surface area contributed by atoms with Gasteiger partial charge in [-0.15, -0.1) is 0 Å². The largest absolute Gasteiger partial charge is 0.481 e. The highest BCUT2D eigenvalue weighted by atomic mass is 16.4. The number of aromatic nitrogens is 2. The van der Waals surface area contributed by atoms with Gasteiger partial charge in [-0.1, -0.05) is 13.3 Å². The average molecular weight is 265 g/mol. The Kier molecular flexibility index (Phi) is 4.58. The quantitative estimate of drug-likeness (QED) is 0.819. The van der Waals surface area contributed by atoms with Crippen LogP contribution in [0.15, 0.2) is 6.20 Å². The molecule has 5 heteroatoms. The van der Waals surface area contributed by atoms with Gasteiger partial charge in [-0.2, -0.15) is 5.10 Å². The third-order valence-corrected chi connectivity index (χ3v) is 4.02. The summed E-state index contributed by atoms with van der Waals surface area (Å²) in [5.41, 5.74) is 2.34. The van der Waals surface area contributed by atoms with Gasteiger partial charge in [0.05, 0.1) is 11.6 Å². The van der Waals surface area contributed by atoms with Crippen LogP contribution in [0, 0.1) is 11.8 Å². The van der Waals surface area contributed by atoms with E-state index in [1.54, 1.807) is 0 Å². The second-order valence-corrected chi connectivity index (χ2v) is 5.39. The van der Waals surface area contributed by atoms with Crippen molar-refractivity contribution >= 4 is 5.97 Å². The molecule has 0 saturated heterocycles. The fraction of sp³-hybridized carbons (Fsp3) is 0.714. The number of hydrogen-bond acceptors (Lipinski definition) is 3. The molecule has 1 aromatic heterocycles. The van der Waals surface area contributed by atoms with Gasteiger partial charge in [-0.05, 0) is 31.7 Å². The number of aliphatic carboxylic acids is 1. The number of hydrogen-bond donors (Lipinski definition) is 2. The smallest absolute Gasteiger partial charge is 0.306 e. The molecule has 106 valence electrons. The lowest BCUT2D eigenvalue weighted by atomic mass is 9.96. The zero-order valence-corrected chi connectivity index (χ0v) is 11.7. The molecule has 5 nitrogen and oxygen atoms in total. The first-order valence-corrected chi connectivity index (χ1v) is 7.06. The highest BCUT2D eigenvalue weighted by Gasteiger charge is 2.32. The summed E-state index contributed by atoms with van der Waals surface area (Å²) in [4.78, 5) is 11.1. The Hall–Kier alpha value is -1.36. The Morgan fingerprint density at radius 3 is 3.05 bits per heavy atom. The van der Waals surface area contributed by atoms with E-state index in [1.807, 2.05) is 17.9 Å². The van der Waals surface area contributed by atoms with E-state index < -0.39 is 5.97 Å². The summed E-state index contributed by atoms with van der Waals surface area (Å²) in [5.74, 6) is -0.522. The van der Waals surface area contributed by atoms with E-state index in [0.717, 1.165) is 44.5 Å². The van der Waals surface area contributed by atoms with Crippen LogP contribution in [0.3, 0.4) is 0 Å². The van der Waals surface area contributed by atoms with Crippen LogP contribution >= 0.6 is 0 Å². The number of aryl methyl sites for hydroxylation is 2. The first kappa shape index (κ1) is 14.1. The molecule has 2 N–H and O–H groups in total. The average Bonchev–Trinajstić information content (AvgIpc) is 2.96. The number of carboxylic acids is 1. The zero-order chi connectivity index (χ0) is 13.8. The Balaban J connectivity index is 1.84. The Labute approximate surface area is 114 Å². The molecule has 0 bridgehead atoms. The second kappa shape index (κ2) is 6.19. The molecule has 1 aromatic rings. The highest BCUT2D eigenvalue weighted by molar-refractivity contribution is 5.70. The van der Waals surface area contributed by atoms with E-state index in [4.69, 9.17) is 5.11 Å². The van der Waals surface area contributed by atoms with E-state index in [1.165, 1.54) is 5.56 Å². The maximum absolute atomic E-state index is 11.1. The van der Waals surface area contributed by atoms with Crippen molar-refractivity contribution in [1.82, 2.24) is 15.1 Å². The molecule has 2 rings (SSSR count). The monoisotopic (exact) mass is 265 g/mol. The minimum Gasteiger partial charge on any atom is -0.481 e. The Morgan fingerprint density at radius 2 is 2.37 bits per heavy atom. The molecule has 1 fully saturated rings. The lowest BCUT2D eigenvalue weighted by molar-refractivity contribution is -0.142. The van der Waals surface area contributed by atoms with Crippen molar-refractivity contribution in [2.75, 3.05) is 6.54 Å². The van der Waals surface area contributed by atoms with Crippen molar-refractivity contribution in [2.24, 2.45) is 18.9 Å². The van der Waals surface area contributed by atoms with E-state index in [-0.39, 0.29) is 11.8 Å². The number of rotatable bonds is 6. The van der Waals surface area contributed by atoms with E-state index >= 15 is 0 Å². The summed E-state index contributed by atoms with van der Waals surface area (Å²) in [6.45, 7) is 3.66. The van der Waals surface area contributed by atoms with Crippen LogP contribution < -0.4 is 5.32 Å². The predicted molar refractivity (Wildman–Crippen MR) is 72.8 cm³/mol. The molecule has 1 aliphatic carbocycles. The van der Waals surface area contributed by atoms with Gasteiger partial charge < -0.3 is 10.4 Å². The lowest BCUT2D eigenvalue weighted by Crippen LogP contribution is -2.28. The lowest BCUT2D eigenvalue weighted by Gasteiger charge is -2.16. The number of carboxylic acid groups (broad SMARTS) is 1. The molecular weight excluding hydrogens is 242 g/mol. The van der Waals surface area contributed by atoms with Crippen molar-refractivity contribution in [3.8, 4) is 0 Å². The molecule has 2 unspecified atom stereocenters. The third kappa shape index (κ3) is 3.35. The molecule has 1 aliphatic rings. The third-order valence-electron chi connectivity index (χ3n) is 4.02. The van der Waals surface area contributed by atoms with Crippen molar-refractivity contribution in [1.29, 1.82) is 0 Å². The summed E-state index contributed by atoms with van der Waals surface area (Å²) in [5, 5.41) is 16.9. The molecular formula is C14H23N3O2. The molecule has 1 heterocycles. The topological polar surface area (TPSA) is 67.2 Å². The Morgan fingerprint density at radius 1 is 1.58 bits per heavy atom. The van der Waals surface area contributed by atoms with Gasteiger partial charge in [0.25, 0.3) is 0 Å². The van der Waals surface area contributed by atoms with Crippen LogP contribution in [-0.4, -0.2) is 27.4 Å². The first-order valence-electron chi connectivity index (χ1n) is 7.06. The zero-order valence-electron chi connectivity index (χ0n) is 11.7. The van der Waals surface area contributed by atoms with E-state index in [0.29, 0.717) is 0 Å². The van der Waals surface area contributed by atoms with Crippen LogP contribution in [0.5, 0.6) is 0 Å². The van der Waals surface area contributed by atoms with E-state index in [2.05, 4.69) is 17.3 Å². The van der Waals surface area contributed by atoms with Gasteiger partial charge >= 0.3 is 5.97 Å².